The van der Waals surface area contributed by atoms with Gasteiger partial charge >= 0.3 is 0 Å². The van der Waals surface area contributed by atoms with Crippen LogP contribution in [-0.2, 0) is 6.54 Å². The van der Waals surface area contributed by atoms with Crippen molar-refractivity contribution in [2.75, 3.05) is 12.8 Å². The summed E-state index contributed by atoms with van der Waals surface area (Å²) in [6.45, 7) is 0.470. The highest BCUT2D eigenvalue weighted by Crippen LogP contribution is 2.23. The molecule has 0 bridgehead atoms. The van der Waals surface area contributed by atoms with Crippen molar-refractivity contribution in [3.8, 4) is 11.9 Å². The maximum absolute atomic E-state index is 8.95. The van der Waals surface area contributed by atoms with Gasteiger partial charge in [-0.05, 0) is 17.7 Å². The number of hydrogen-bond donors (Lipinski definition) is 1. The molecule has 0 aliphatic heterocycles. The Labute approximate surface area is 120 Å². The van der Waals surface area contributed by atoms with Gasteiger partial charge in [-0.2, -0.15) is 10.2 Å². The van der Waals surface area contributed by atoms with Gasteiger partial charge in [-0.3, -0.25) is 4.57 Å². The van der Waals surface area contributed by atoms with Crippen molar-refractivity contribution in [3.05, 3.63) is 41.7 Å². The lowest BCUT2D eigenvalue weighted by atomic mass is 10.1. The Morgan fingerprint density at radius 1 is 1.38 bits per heavy atom. The third kappa shape index (κ3) is 2.23. The maximum Gasteiger partial charge on any atom is 0.245 e. The minimum Gasteiger partial charge on any atom is -0.479 e. The van der Waals surface area contributed by atoms with E-state index in [0.29, 0.717) is 35.1 Å². The van der Waals surface area contributed by atoms with Crippen molar-refractivity contribution in [2.45, 2.75) is 6.54 Å². The second kappa shape index (κ2) is 5.09. The quantitative estimate of drug-likeness (QED) is 0.776. The van der Waals surface area contributed by atoms with Crippen molar-refractivity contribution < 1.29 is 4.74 Å². The van der Waals surface area contributed by atoms with Crippen LogP contribution in [0.15, 0.2) is 30.6 Å². The number of benzene rings is 1. The van der Waals surface area contributed by atoms with Crippen molar-refractivity contribution in [2.24, 2.45) is 0 Å². The zero-order valence-electron chi connectivity index (χ0n) is 11.3. The van der Waals surface area contributed by atoms with Crippen LogP contribution in [0.25, 0.3) is 11.2 Å². The van der Waals surface area contributed by atoms with E-state index in [0.717, 1.165) is 5.56 Å². The van der Waals surface area contributed by atoms with E-state index in [2.05, 4.69) is 21.0 Å². The van der Waals surface area contributed by atoms with Crippen molar-refractivity contribution in [3.63, 3.8) is 0 Å². The van der Waals surface area contributed by atoms with Gasteiger partial charge in [0.2, 0.25) is 11.8 Å². The fourth-order valence-electron chi connectivity index (χ4n) is 2.16. The molecule has 0 unspecified atom stereocenters. The Hall–Kier alpha value is -3.14. The van der Waals surface area contributed by atoms with Crippen LogP contribution in [0.5, 0.6) is 5.88 Å². The van der Waals surface area contributed by atoms with E-state index in [1.54, 1.807) is 10.6 Å². The third-order valence-corrected chi connectivity index (χ3v) is 3.12. The normalized spacial score (nSPS) is 10.5. The number of ether oxygens (including phenoxy) is 1. The number of anilines is 1. The lowest BCUT2D eigenvalue weighted by Gasteiger charge is -2.06. The molecule has 0 radical (unpaired) electrons. The molecule has 21 heavy (non-hydrogen) atoms. The Morgan fingerprint density at radius 2 is 2.24 bits per heavy atom. The molecule has 7 heteroatoms. The first-order valence-corrected chi connectivity index (χ1v) is 6.22. The summed E-state index contributed by atoms with van der Waals surface area (Å²) in [6.07, 6.45) is 1.41. The molecule has 0 saturated heterocycles. The van der Waals surface area contributed by atoms with Crippen LogP contribution in [0, 0.1) is 11.3 Å². The molecule has 0 atom stereocenters. The second-order valence-electron chi connectivity index (χ2n) is 4.42. The summed E-state index contributed by atoms with van der Waals surface area (Å²) in [5, 5.41) is 8.95. The molecule has 7 nitrogen and oxygen atoms in total. The average Bonchev–Trinajstić information content (AvgIpc) is 2.83. The van der Waals surface area contributed by atoms with Gasteiger partial charge < -0.3 is 10.5 Å². The standard InChI is InChI=1S/C14H12N6O/c1-21-13-11-12(17-8-18-13)20(14(16)19-11)7-10-4-2-3-9(5-10)6-15/h2-5,8H,7H2,1H3,(H2,16,19). The van der Waals surface area contributed by atoms with Gasteiger partial charge in [0.15, 0.2) is 11.2 Å². The van der Waals surface area contributed by atoms with Crippen molar-refractivity contribution >= 4 is 17.1 Å². The maximum atomic E-state index is 8.95. The molecule has 2 heterocycles. The Morgan fingerprint density at radius 3 is 3.00 bits per heavy atom. The van der Waals surface area contributed by atoms with Gasteiger partial charge in [-0.25, -0.2) is 9.97 Å². The summed E-state index contributed by atoms with van der Waals surface area (Å²) in [5.74, 6) is 0.711. The SMILES string of the molecule is COc1ncnc2c1nc(N)n2Cc1cccc(C#N)c1. The number of aromatic nitrogens is 4. The number of rotatable bonds is 3. The van der Waals surface area contributed by atoms with Crippen LogP contribution in [-0.4, -0.2) is 26.6 Å². The molecule has 0 spiro atoms. The molecular weight excluding hydrogens is 268 g/mol. The molecule has 2 aromatic heterocycles. The van der Waals surface area contributed by atoms with Gasteiger partial charge in [0.25, 0.3) is 0 Å². The third-order valence-electron chi connectivity index (χ3n) is 3.12. The lowest BCUT2D eigenvalue weighted by Crippen LogP contribution is -2.05. The van der Waals surface area contributed by atoms with Gasteiger partial charge in [0.1, 0.15) is 6.33 Å². The zero-order valence-corrected chi connectivity index (χ0v) is 11.3. The number of fused-ring (bicyclic) bond motifs is 1. The summed E-state index contributed by atoms with van der Waals surface area (Å²) in [5.41, 5.74) is 8.62. The van der Waals surface area contributed by atoms with Crippen LogP contribution in [0.2, 0.25) is 0 Å². The van der Waals surface area contributed by atoms with E-state index in [4.69, 9.17) is 15.7 Å². The van der Waals surface area contributed by atoms with E-state index in [1.807, 2.05) is 18.2 Å². The van der Waals surface area contributed by atoms with Gasteiger partial charge in [0.05, 0.1) is 25.3 Å². The number of methoxy groups -OCH3 is 1. The van der Waals surface area contributed by atoms with Crippen molar-refractivity contribution in [1.82, 2.24) is 19.5 Å². The molecule has 104 valence electrons. The lowest BCUT2D eigenvalue weighted by molar-refractivity contribution is 0.401. The predicted molar refractivity (Wildman–Crippen MR) is 76.5 cm³/mol. The summed E-state index contributed by atoms with van der Waals surface area (Å²) in [6, 6.07) is 9.43. The number of nitrogen functional groups attached to an aromatic ring is 1. The number of hydrogen-bond acceptors (Lipinski definition) is 6. The zero-order chi connectivity index (χ0) is 14.8. The van der Waals surface area contributed by atoms with E-state index < -0.39 is 0 Å². The molecular formula is C14H12N6O. The Bertz CT molecular complexity index is 848. The molecule has 3 aromatic rings. The number of nitrogens with zero attached hydrogens (tertiary/aromatic N) is 5. The Kier molecular flexibility index (Phi) is 3.12. The van der Waals surface area contributed by atoms with Crippen LogP contribution in [0.1, 0.15) is 11.1 Å². The van der Waals surface area contributed by atoms with E-state index in [9.17, 15) is 0 Å². The summed E-state index contributed by atoms with van der Waals surface area (Å²) in [7, 11) is 1.52. The van der Waals surface area contributed by atoms with Gasteiger partial charge in [-0.1, -0.05) is 12.1 Å². The molecule has 0 aliphatic rings. The summed E-state index contributed by atoms with van der Waals surface area (Å²) < 4.78 is 6.92. The summed E-state index contributed by atoms with van der Waals surface area (Å²) in [4.78, 5) is 12.5. The van der Waals surface area contributed by atoms with E-state index in [-0.39, 0.29) is 0 Å². The summed E-state index contributed by atoms with van der Waals surface area (Å²) >= 11 is 0. The minimum absolute atomic E-state index is 0.325. The van der Waals surface area contributed by atoms with Crippen LogP contribution >= 0.6 is 0 Å². The fraction of sp³-hybridized carbons (Fsp3) is 0.143. The molecule has 3 rings (SSSR count). The van der Waals surface area contributed by atoms with Gasteiger partial charge in [0, 0.05) is 0 Å². The highest BCUT2D eigenvalue weighted by Gasteiger charge is 2.14. The topological polar surface area (TPSA) is 103 Å². The monoisotopic (exact) mass is 280 g/mol. The van der Waals surface area contributed by atoms with Crippen LogP contribution in [0.4, 0.5) is 5.95 Å². The van der Waals surface area contributed by atoms with Crippen LogP contribution < -0.4 is 10.5 Å². The van der Waals surface area contributed by atoms with E-state index in [1.165, 1.54) is 13.4 Å². The fourth-order valence-corrected chi connectivity index (χ4v) is 2.16. The first-order chi connectivity index (χ1) is 10.2. The largest absolute Gasteiger partial charge is 0.479 e. The molecule has 0 fully saturated rings. The average molecular weight is 280 g/mol. The van der Waals surface area contributed by atoms with Crippen LogP contribution in [0.3, 0.4) is 0 Å². The van der Waals surface area contributed by atoms with E-state index >= 15 is 0 Å². The van der Waals surface area contributed by atoms with Gasteiger partial charge in [-0.15, -0.1) is 0 Å². The Balaban J connectivity index is 2.08. The number of nitrogens with two attached hydrogens (primary N) is 1. The molecule has 0 amide bonds. The first-order valence-electron chi connectivity index (χ1n) is 6.22. The predicted octanol–water partition coefficient (Wildman–Crippen LogP) is 1.34. The second-order valence-corrected chi connectivity index (χ2v) is 4.42. The first kappa shape index (κ1) is 12.9. The highest BCUT2D eigenvalue weighted by atomic mass is 16.5. The van der Waals surface area contributed by atoms with Crippen molar-refractivity contribution in [1.29, 1.82) is 5.26 Å². The number of imidazole rings is 1. The highest BCUT2D eigenvalue weighted by molar-refractivity contribution is 5.79. The molecule has 1 aromatic carbocycles. The number of nitriles is 1. The minimum atomic E-state index is 0.325. The molecule has 0 aliphatic carbocycles. The molecule has 2 N–H and O–H groups in total. The smallest absolute Gasteiger partial charge is 0.245 e. The molecule has 0 saturated carbocycles.